The molecule has 0 aliphatic heterocycles. The predicted molar refractivity (Wildman–Crippen MR) is 65.9 cm³/mol. The number of ether oxygens (including phenoxy) is 1. The first-order valence-electron chi connectivity index (χ1n) is 6.19. The molecule has 1 atom stereocenters. The maximum atomic E-state index is 12.5. The minimum absolute atomic E-state index is 0.0393. The molecule has 2 nitrogen and oxygen atoms in total. The van der Waals surface area contributed by atoms with Crippen molar-refractivity contribution in [3.63, 3.8) is 0 Å². The smallest absolute Gasteiger partial charge is 0.371 e. The lowest BCUT2D eigenvalue weighted by atomic mass is 10.0. The summed E-state index contributed by atoms with van der Waals surface area (Å²) in [5, 5.41) is 0. The second kappa shape index (κ2) is 6.70. The molecule has 0 amide bonds. The van der Waals surface area contributed by atoms with Gasteiger partial charge >= 0.3 is 6.18 Å². The van der Waals surface area contributed by atoms with E-state index in [0.717, 1.165) is 12.1 Å². The zero-order valence-corrected chi connectivity index (χ0v) is 11.0. The van der Waals surface area contributed by atoms with Gasteiger partial charge < -0.3 is 4.74 Å². The van der Waals surface area contributed by atoms with Crippen LogP contribution in [0.25, 0.3) is 0 Å². The number of rotatable bonds is 6. The molecule has 0 aliphatic rings. The van der Waals surface area contributed by atoms with E-state index in [1.807, 2.05) is 6.92 Å². The lowest BCUT2D eigenvalue weighted by Crippen LogP contribution is -2.25. The van der Waals surface area contributed by atoms with Crippen LogP contribution in [-0.4, -0.2) is 18.5 Å². The number of alkyl halides is 3. The van der Waals surface area contributed by atoms with Crippen molar-refractivity contribution in [2.75, 3.05) is 6.61 Å². The first kappa shape index (κ1) is 15.7. The standard InChI is InChI=1S/C14H17F3O2/c1-3-13(19-4-2)12(18)9-10-6-5-7-11(8-10)14(15,16)17/h5-8,13H,3-4,9H2,1-2H3. The average molecular weight is 274 g/mol. The molecule has 1 aromatic rings. The summed E-state index contributed by atoms with van der Waals surface area (Å²) in [6.07, 6.45) is -4.45. The van der Waals surface area contributed by atoms with Crippen molar-refractivity contribution >= 4 is 5.78 Å². The summed E-state index contributed by atoms with van der Waals surface area (Å²) >= 11 is 0. The largest absolute Gasteiger partial charge is 0.416 e. The molecule has 0 aliphatic carbocycles. The molecule has 0 heterocycles. The Bertz CT molecular complexity index is 427. The molecule has 0 N–H and O–H groups in total. The van der Waals surface area contributed by atoms with E-state index in [4.69, 9.17) is 4.74 Å². The Morgan fingerprint density at radius 2 is 2.00 bits per heavy atom. The van der Waals surface area contributed by atoms with Crippen LogP contribution in [0.3, 0.4) is 0 Å². The highest BCUT2D eigenvalue weighted by molar-refractivity contribution is 5.85. The Labute approximate surface area is 110 Å². The van der Waals surface area contributed by atoms with Crippen molar-refractivity contribution in [3.05, 3.63) is 35.4 Å². The van der Waals surface area contributed by atoms with Crippen LogP contribution in [0, 0.1) is 0 Å². The lowest BCUT2D eigenvalue weighted by Gasteiger charge is -2.14. The zero-order chi connectivity index (χ0) is 14.5. The Balaban J connectivity index is 2.79. The van der Waals surface area contributed by atoms with Crippen molar-refractivity contribution in [3.8, 4) is 0 Å². The van der Waals surface area contributed by atoms with E-state index in [1.165, 1.54) is 12.1 Å². The molecule has 19 heavy (non-hydrogen) atoms. The fraction of sp³-hybridized carbons (Fsp3) is 0.500. The zero-order valence-electron chi connectivity index (χ0n) is 11.0. The fourth-order valence-electron chi connectivity index (χ4n) is 1.81. The molecule has 1 rings (SSSR count). The SMILES string of the molecule is CCOC(CC)C(=O)Cc1cccc(C(F)(F)F)c1. The summed E-state index contributed by atoms with van der Waals surface area (Å²) in [5.74, 6) is -0.191. The van der Waals surface area contributed by atoms with Gasteiger partial charge in [-0.1, -0.05) is 25.1 Å². The third-order valence-corrected chi connectivity index (χ3v) is 2.73. The van der Waals surface area contributed by atoms with Crippen molar-refractivity contribution in [2.45, 2.75) is 39.0 Å². The summed E-state index contributed by atoms with van der Waals surface area (Å²) in [6, 6.07) is 4.84. The summed E-state index contributed by atoms with van der Waals surface area (Å²) in [4.78, 5) is 11.9. The summed E-state index contributed by atoms with van der Waals surface area (Å²) in [5.41, 5.74) is -0.375. The van der Waals surface area contributed by atoms with Crippen molar-refractivity contribution in [1.29, 1.82) is 0 Å². The summed E-state index contributed by atoms with van der Waals surface area (Å²) in [6.45, 7) is 4.00. The number of benzene rings is 1. The number of hydrogen-bond donors (Lipinski definition) is 0. The van der Waals surface area contributed by atoms with Gasteiger partial charge in [0.05, 0.1) is 5.56 Å². The number of carbonyl (C=O) groups is 1. The number of ketones is 1. The van der Waals surface area contributed by atoms with E-state index in [-0.39, 0.29) is 12.2 Å². The van der Waals surface area contributed by atoms with Gasteiger partial charge in [0, 0.05) is 13.0 Å². The molecule has 0 spiro atoms. The third-order valence-electron chi connectivity index (χ3n) is 2.73. The molecular weight excluding hydrogens is 257 g/mol. The first-order valence-corrected chi connectivity index (χ1v) is 6.19. The highest BCUT2D eigenvalue weighted by Crippen LogP contribution is 2.29. The number of Topliss-reactive ketones (excluding diaryl/α,β-unsaturated/α-hetero) is 1. The quantitative estimate of drug-likeness (QED) is 0.791. The van der Waals surface area contributed by atoms with E-state index in [9.17, 15) is 18.0 Å². The molecule has 5 heteroatoms. The van der Waals surface area contributed by atoms with Gasteiger partial charge in [0.25, 0.3) is 0 Å². The molecule has 0 aromatic heterocycles. The van der Waals surface area contributed by atoms with Gasteiger partial charge in [-0.2, -0.15) is 13.2 Å². The van der Waals surface area contributed by atoms with Crippen LogP contribution in [0.1, 0.15) is 31.4 Å². The Morgan fingerprint density at radius 1 is 1.32 bits per heavy atom. The molecule has 0 saturated carbocycles. The first-order chi connectivity index (χ1) is 8.88. The van der Waals surface area contributed by atoms with Gasteiger partial charge in [0.2, 0.25) is 0 Å². The van der Waals surface area contributed by atoms with E-state index >= 15 is 0 Å². The Kier molecular flexibility index (Phi) is 5.54. The summed E-state index contributed by atoms with van der Waals surface area (Å²) in [7, 11) is 0. The number of hydrogen-bond acceptors (Lipinski definition) is 2. The Hall–Kier alpha value is -1.36. The fourth-order valence-corrected chi connectivity index (χ4v) is 1.81. The van der Waals surface area contributed by atoms with E-state index in [1.54, 1.807) is 6.92 Å². The van der Waals surface area contributed by atoms with Crippen molar-refractivity contribution in [1.82, 2.24) is 0 Å². The Morgan fingerprint density at radius 3 is 2.53 bits per heavy atom. The highest BCUT2D eigenvalue weighted by atomic mass is 19.4. The van der Waals surface area contributed by atoms with E-state index in [0.29, 0.717) is 18.6 Å². The van der Waals surface area contributed by atoms with Crippen LogP contribution in [0.2, 0.25) is 0 Å². The number of carbonyl (C=O) groups excluding carboxylic acids is 1. The van der Waals surface area contributed by atoms with Crippen LogP contribution < -0.4 is 0 Å². The average Bonchev–Trinajstić information content (AvgIpc) is 2.35. The van der Waals surface area contributed by atoms with Gasteiger partial charge in [-0.25, -0.2) is 0 Å². The van der Waals surface area contributed by atoms with E-state index in [2.05, 4.69) is 0 Å². The van der Waals surface area contributed by atoms with Gasteiger partial charge in [0.15, 0.2) is 5.78 Å². The van der Waals surface area contributed by atoms with Crippen LogP contribution in [0.4, 0.5) is 13.2 Å². The van der Waals surface area contributed by atoms with Gasteiger partial charge in [-0.3, -0.25) is 4.79 Å². The molecule has 106 valence electrons. The second-order valence-corrected chi connectivity index (χ2v) is 4.19. The van der Waals surface area contributed by atoms with Crippen molar-refractivity contribution in [2.24, 2.45) is 0 Å². The van der Waals surface area contributed by atoms with Crippen LogP contribution >= 0.6 is 0 Å². The van der Waals surface area contributed by atoms with E-state index < -0.39 is 17.8 Å². The molecular formula is C14H17F3O2. The molecule has 0 fully saturated rings. The maximum Gasteiger partial charge on any atom is 0.416 e. The normalized spacial score (nSPS) is 13.3. The van der Waals surface area contributed by atoms with Crippen LogP contribution in [-0.2, 0) is 22.1 Å². The van der Waals surface area contributed by atoms with Gasteiger partial charge in [-0.05, 0) is 25.0 Å². The third kappa shape index (κ3) is 4.67. The van der Waals surface area contributed by atoms with Crippen LogP contribution in [0.15, 0.2) is 24.3 Å². The minimum atomic E-state index is -4.39. The van der Waals surface area contributed by atoms with Gasteiger partial charge in [-0.15, -0.1) is 0 Å². The molecule has 1 unspecified atom stereocenters. The van der Waals surface area contributed by atoms with Gasteiger partial charge in [0.1, 0.15) is 6.10 Å². The molecule has 0 saturated heterocycles. The second-order valence-electron chi connectivity index (χ2n) is 4.19. The lowest BCUT2D eigenvalue weighted by molar-refractivity contribution is -0.137. The summed E-state index contributed by atoms with van der Waals surface area (Å²) < 4.78 is 42.9. The topological polar surface area (TPSA) is 26.3 Å². The monoisotopic (exact) mass is 274 g/mol. The maximum absolute atomic E-state index is 12.5. The van der Waals surface area contributed by atoms with Crippen molar-refractivity contribution < 1.29 is 22.7 Å². The number of halogens is 3. The molecule has 0 radical (unpaired) electrons. The molecule has 0 bridgehead atoms. The predicted octanol–water partition coefficient (Wildman–Crippen LogP) is 3.63. The molecule has 1 aromatic carbocycles. The highest BCUT2D eigenvalue weighted by Gasteiger charge is 2.30. The minimum Gasteiger partial charge on any atom is -0.371 e. The van der Waals surface area contributed by atoms with Crippen LogP contribution in [0.5, 0.6) is 0 Å².